The van der Waals surface area contributed by atoms with Crippen molar-refractivity contribution in [2.24, 2.45) is 0 Å². The Morgan fingerprint density at radius 1 is 1.10 bits per heavy atom. The first kappa shape index (κ1) is 21.2. The number of para-hydroxylation sites is 1. The SMILES string of the molecule is C[C@]1(c2ccc(F)c(F)c2)NC(=O)N(CC(=O)Nc2ccccc2C(F)(F)F)C1=O. The molecule has 158 valence electrons. The van der Waals surface area contributed by atoms with Crippen molar-refractivity contribution in [3.8, 4) is 0 Å². The summed E-state index contributed by atoms with van der Waals surface area (Å²) in [5.41, 5.74) is -3.48. The Labute approximate surface area is 166 Å². The van der Waals surface area contributed by atoms with Crippen molar-refractivity contribution in [2.75, 3.05) is 11.9 Å². The summed E-state index contributed by atoms with van der Waals surface area (Å²) < 4.78 is 65.8. The van der Waals surface area contributed by atoms with Gasteiger partial charge in [-0.25, -0.2) is 13.6 Å². The molecule has 2 N–H and O–H groups in total. The largest absolute Gasteiger partial charge is 0.418 e. The second kappa shape index (κ2) is 7.39. The number of amides is 4. The lowest BCUT2D eigenvalue weighted by Gasteiger charge is -2.22. The van der Waals surface area contributed by atoms with Crippen LogP contribution in [0.3, 0.4) is 0 Å². The molecule has 1 fully saturated rings. The number of hydrogen-bond donors (Lipinski definition) is 2. The fourth-order valence-corrected chi connectivity index (χ4v) is 3.02. The molecule has 4 amide bonds. The highest BCUT2D eigenvalue weighted by Gasteiger charge is 2.49. The van der Waals surface area contributed by atoms with E-state index in [4.69, 9.17) is 0 Å². The van der Waals surface area contributed by atoms with Crippen molar-refractivity contribution in [1.29, 1.82) is 0 Å². The van der Waals surface area contributed by atoms with E-state index in [2.05, 4.69) is 5.32 Å². The molecule has 1 saturated heterocycles. The normalized spacial score (nSPS) is 19.1. The number of alkyl halides is 3. The second-order valence-corrected chi connectivity index (χ2v) is 6.67. The van der Waals surface area contributed by atoms with Crippen LogP contribution in [0.25, 0.3) is 0 Å². The summed E-state index contributed by atoms with van der Waals surface area (Å²) in [5.74, 6) is -4.39. The molecule has 1 aliphatic heterocycles. The van der Waals surface area contributed by atoms with Crippen LogP contribution in [0.1, 0.15) is 18.1 Å². The lowest BCUT2D eigenvalue weighted by atomic mass is 9.92. The maximum absolute atomic E-state index is 13.5. The topological polar surface area (TPSA) is 78.5 Å². The van der Waals surface area contributed by atoms with Crippen molar-refractivity contribution >= 4 is 23.5 Å². The van der Waals surface area contributed by atoms with Crippen molar-refractivity contribution in [1.82, 2.24) is 10.2 Å². The molecule has 3 rings (SSSR count). The summed E-state index contributed by atoms with van der Waals surface area (Å²) in [7, 11) is 0. The van der Waals surface area contributed by atoms with Crippen LogP contribution in [0.4, 0.5) is 32.4 Å². The minimum absolute atomic E-state index is 0.0647. The zero-order valence-corrected chi connectivity index (χ0v) is 15.3. The lowest BCUT2D eigenvalue weighted by Crippen LogP contribution is -2.42. The minimum Gasteiger partial charge on any atom is -0.324 e. The molecule has 0 bridgehead atoms. The lowest BCUT2D eigenvalue weighted by molar-refractivity contribution is -0.137. The third kappa shape index (κ3) is 3.82. The fourth-order valence-electron chi connectivity index (χ4n) is 3.02. The van der Waals surface area contributed by atoms with Crippen LogP contribution in [0.15, 0.2) is 42.5 Å². The molecule has 1 atom stereocenters. The van der Waals surface area contributed by atoms with Gasteiger partial charge in [0.1, 0.15) is 12.1 Å². The van der Waals surface area contributed by atoms with Gasteiger partial charge in [0.15, 0.2) is 11.6 Å². The zero-order valence-electron chi connectivity index (χ0n) is 15.3. The number of hydrogen-bond acceptors (Lipinski definition) is 3. The Morgan fingerprint density at radius 3 is 2.40 bits per heavy atom. The van der Waals surface area contributed by atoms with Crippen LogP contribution in [0, 0.1) is 11.6 Å². The monoisotopic (exact) mass is 427 g/mol. The van der Waals surface area contributed by atoms with E-state index in [0.29, 0.717) is 4.90 Å². The molecule has 2 aromatic carbocycles. The average molecular weight is 427 g/mol. The highest BCUT2D eigenvalue weighted by molar-refractivity contribution is 6.10. The molecular weight excluding hydrogens is 413 g/mol. The van der Waals surface area contributed by atoms with E-state index in [0.717, 1.165) is 36.4 Å². The average Bonchev–Trinajstić information content (AvgIpc) is 2.87. The van der Waals surface area contributed by atoms with E-state index in [9.17, 15) is 36.3 Å². The van der Waals surface area contributed by atoms with Crippen LogP contribution in [0.5, 0.6) is 0 Å². The summed E-state index contributed by atoms with van der Waals surface area (Å²) in [6, 6.07) is 5.81. The highest BCUT2D eigenvalue weighted by atomic mass is 19.4. The molecule has 30 heavy (non-hydrogen) atoms. The van der Waals surface area contributed by atoms with E-state index < -0.39 is 59.0 Å². The van der Waals surface area contributed by atoms with E-state index in [1.54, 1.807) is 0 Å². The van der Waals surface area contributed by atoms with Gasteiger partial charge in [-0.2, -0.15) is 13.2 Å². The summed E-state index contributed by atoms with van der Waals surface area (Å²) >= 11 is 0. The fraction of sp³-hybridized carbons (Fsp3) is 0.211. The van der Waals surface area contributed by atoms with Gasteiger partial charge in [0, 0.05) is 0 Å². The standard InChI is InChI=1S/C19H14F5N3O3/c1-18(10-6-7-12(20)13(21)8-10)16(29)27(17(30)26-18)9-15(28)25-14-5-3-2-4-11(14)19(22,23)24/h2-8H,9H2,1H3,(H,25,28)(H,26,30)/t18-/m1/s1. The number of imide groups is 1. The van der Waals surface area contributed by atoms with Crippen molar-refractivity contribution in [3.63, 3.8) is 0 Å². The Hall–Kier alpha value is -3.50. The van der Waals surface area contributed by atoms with Gasteiger partial charge in [0.05, 0.1) is 11.3 Å². The third-order valence-electron chi connectivity index (χ3n) is 4.58. The van der Waals surface area contributed by atoms with Crippen LogP contribution in [-0.2, 0) is 21.3 Å². The first-order valence-electron chi connectivity index (χ1n) is 8.49. The molecule has 0 aromatic heterocycles. The molecule has 0 radical (unpaired) electrons. The first-order valence-corrected chi connectivity index (χ1v) is 8.49. The van der Waals surface area contributed by atoms with Crippen molar-refractivity contribution < 1.29 is 36.3 Å². The van der Waals surface area contributed by atoms with E-state index in [1.807, 2.05) is 5.32 Å². The molecule has 0 unspecified atom stereocenters. The van der Waals surface area contributed by atoms with E-state index >= 15 is 0 Å². The van der Waals surface area contributed by atoms with E-state index in [1.165, 1.54) is 13.0 Å². The van der Waals surface area contributed by atoms with Gasteiger partial charge in [-0.1, -0.05) is 18.2 Å². The van der Waals surface area contributed by atoms with Gasteiger partial charge in [-0.3, -0.25) is 14.5 Å². The summed E-state index contributed by atoms with van der Waals surface area (Å²) in [4.78, 5) is 37.6. The Bertz CT molecular complexity index is 1040. The molecule has 0 aliphatic carbocycles. The number of nitrogens with zero attached hydrogens (tertiary/aromatic N) is 1. The number of urea groups is 1. The smallest absolute Gasteiger partial charge is 0.324 e. The maximum atomic E-state index is 13.5. The number of benzene rings is 2. The Morgan fingerprint density at radius 2 is 1.77 bits per heavy atom. The van der Waals surface area contributed by atoms with Crippen molar-refractivity contribution in [2.45, 2.75) is 18.6 Å². The van der Waals surface area contributed by atoms with Crippen molar-refractivity contribution in [3.05, 3.63) is 65.2 Å². The summed E-state index contributed by atoms with van der Waals surface area (Å²) in [6.45, 7) is 0.354. The number of halogens is 5. The molecule has 0 spiro atoms. The summed E-state index contributed by atoms with van der Waals surface area (Å²) in [6.07, 6.45) is -4.73. The Balaban J connectivity index is 1.79. The molecule has 1 heterocycles. The van der Waals surface area contributed by atoms with Crippen LogP contribution in [-0.4, -0.2) is 29.3 Å². The minimum atomic E-state index is -4.73. The molecule has 11 heteroatoms. The number of carbonyl (C=O) groups is 3. The number of carbonyl (C=O) groups excluding carboxylic acids is 3. The molecule has 2 aromatic rings. The third-order valence-corrected chi connectivity index (χ3v) is 4.58. The van der Waals surface area contributed by atoms with Gasteiger partial charge < -0.3 is 10.6 Å². The van der Waals surface area contributed by atoms with Crippen LogP contribution >= 0.6 is 0 Å². The van der Waals surface area contributed by atoms with Gasteiger partial charge in [-0.15, -0.1) is 0 Å². The Kier molecular flexibility index (Phi) is 5.23. The van der Waals surface area contributed by atoms with Gasteiger partial charge >= 0.3 is 12.2 Å². The van der Waals surface area contributed by atoms with Gasteiger partial charge in [-0.05, 0) is 36.8 Å². The maximum Gasteiger partial charge on any atom is 0.418 e. The second-order valence-electron chi connectivity index (χ2n) is 6.67. The first-order chi connectivity index (χ1) is 13.9. The predicted octanol–water partition coefficient (Wildman–Crippen LogP) is 3.39. The molecule has 1 aliphatic rings. The molecular formula is C19H14F5N3O3. The molecule has 6 nitrogen and oxygen atoms in total. The van der Waals surface area contributed by atoms with Gasteiger partial charge in [0.2, 0.25) is 5.91 Å². The summed E-state index contributed by atoms with van der Waals surface area (Å²) in [5, 5.41) is 4.31. The zero-order chi connectivity index (χ0) is 22.3. The number of rotatable bonds is 4. The number of nitrogens with one attached hydrogen (secondary N) is 2. The molecule has 0 saturated carbocycles. The quantitative estimate of drug-likeness (QED) is 0.580. The number of anilines is 1. The predicted molar refractivity (Wildman–Crippen MR) is 94.0 cm³/mol. The van der Waals surface area contributed by atoms with Crippen LogP contribution < -0.4 is 10.6 Å². The van der Waals surface area contributed by atoms with Crippen LogP contribution in [0.2, 0.25) is 0 Å². The highest BCUT2D eigenvalue weighted by Crippen LogP contribution is 2.35. The van der Waals surface area contributed by atoms with E-state index in [-0.39, 0.29) is 5.56 Å². The van der Waals surface area contributed by atoms with Gasteiger partial charge in [0.25, 0.3) is 5.91 Å².